The van der Waals surface area contributed by atoms with Gasteiger partial charge in [-0.25, -0.2) is 9.97 Å². The van der Waals surface area contributed by atoms with Crippen molar-refractivity contribution in [3.05, 3.63) is 23.3 Å². The van der Waals surface area contributed by atoms with Crippen LogP contribution in [0, 0.1) is 0 Å². The zero-order chi connectivity index (χ0) is 15.0. The Morgan fingerprint density at radius 3 is 2.76 bits per heavy atom. The molecule has 1 saturated heterocycles. The first-order valence-electron chi connectivity index (χ1n) is 8.21. The van der Waals surface area contributed by atoms with E-state index in [1.807, 2.05) is 6.20 Å². The molecular formula is C17H28N4. The third-order valence-corrected chi connectivity index (χ3v) is 4.84. The highest BCUT2D eigenvalue weighted by atomic mass is 15.2. The Morgan fingerprint density at radius 2 is 2.10 bits per heavy atom. The van der Waals surface area contributed by atoms with E-state index >= 15 is 0 Å². The molecule has 1 aromatic rings. The lowest BCUT2D eigenvalue weighted by atomic mass is 9.95. The Kier molecular flexibility index (Phi) is 4.02. The van der Waals surface area contributed by atoms with Gasteiger partial charge in [-0.2, -0.15) is 0 Å². The molecule has 1 fully saturated rings. The number of aromatic nitrogens is 2. The minimum Gasteiger partial charge on any atom is -0.303 e. The Labute approximate surface area is 128 Å². The van der Waals surface area contributed by atoms with Crippen LogP contribution in [0.1, 0.15) is 57.1 Å². The number of fused-ring (bicyclic) bond motifs is 1. The van der Waals surface area contributed by atoms with Crippen molar-refractivity contribution in [2.45, 2.75) is 64.6 Å². The van der Waals surface area contributed by atoms with E-state index in [2.05, 4.69) is 42.6 Å². The molecule has 21 heavy (non-hydrogen) atoms. The number of hydrogen-bond acceptors (Lipinski definition) is 4. The Hall–Kier alpha value is -1.00. The summed E-state index contributed by atoms with van der Waals surface area (Å²) in [6.07, 6.45) is 6.06. The monoisotopic (exact) mass is 288 g/mol. The van der Waals surface area contributed by atoms with Crippen molar-refractivity contribution >= 4 is 0 Å². The van der Waals surface area contributed by atoms with E-state index in [4.69, 9.17) is 4.98 Å². The van der Waals surface area contributed by atoms with Gasteiger partial charge in [-0.15, -0.1) is 0 Å². The van der Waals surface area contributed by atoms with Crippen LogP contribution < -0.4 is 0 Å². The normalized spacial score (nSPS) is 23.7. The molecule has 0 amide bonds. The van der Waals surface area contributed by atoms with Crippen LogP contribution in [0.3, 0.4) is 0 Å². The first kappa shape index (κ1) is 14.9. The summed E-state index contributed by atoms with van der Waals surface area (Å²) in [6, 6.07) is 0.782. The average molecular weight is 288 g/mol. The van der Waals surface area contributed by atoms with Gasteiger partial charge in [0.25, 0.3) is 0 Å². The summed E-state index contributed by atoms with van der Waals surface area (Å²) in [5.41, 5.74) is 2.60. The van der Waals surface area contributed by atoms with Gasteiger partial charge in [0.05, 0.1) is 5.69 Å². The van der Waals surface area contributed by atoms with E-state index in [0.717, 1.165) is 25.0 Å². The van der Waals surface area contributed by atoms with E-state index in [-0.39, 0.29) is 5.41 Å². The van der Waals surface area contributed by atoms with Gasteiger partial charge in [0.2, 0.25) is 0 Å². The molecule has 0 N–H and O–H groups in total. The van der Waals surface area contributed by atoms with Crippen molar-refractivity contribution in [1.82, 2.24) is 19.8 Å². The van der Waals surface area contributed by atoms with Crippen LogP contribution in [0.2, 0.25) is 0 Å². The molecule has 3 heterocycles. The lowest BCUT2D eigenvalue weighted by molar-refractivity contribution is 0.225. The van der Waals surface area contributed by atoms with Crippen molar-refractivity contribution in [2.24, 2.45) is 0 Å². The van der Waals surface area contributed by atoms with E-state index in [9.17, 15) is 0 Å². The topological polar surface area (TPSA) is 32.3 Å². The highest BCUT2D eigenvalue weighted by Crippen LogP contribution is 2.26. The van der Waals surface area contributed by atoms with E-state index in [1.165, 1.54) is 43.6 Å². The third-order valence-electron chi connectivity index (χ3n) is 4.84. The molecule has 116 valence electrons. The number of nitrogens with zero attached hydrogens (tertiary/aromatic N) is 4. The molecule has 0 saturated carbocycles. The standard InChI is InChI=1S/C17H28N4/c1-17(2,3)16-18-10-13-11-21(12-15(13)19-16)9-7-14-6-5-8-20(14)4/h10,14H,5-9,11-12H2,1-4H3/t14-/m1/s1. The molecule has 0 unspecified atom stereocenters. The maximum Gasteiger partial charge on any atom is 0.133 e. The largest absolute Gasteiger partial charge is 0.303 e. The molecule has 1 aromatic heterocycles. The average Bonchev–Trinajstić information content (AvgIpc) is 2.99. The summed E-state index contributed by atoms with van der Waals surface area (Å²) in [5, 5.41) is 0. The quantitative estimate of drug-likeness (QED) is 0.856. The van der Waals surface area contributed by atoms with Gasteiger partial charge < -0.3 is 4.90 Å². The fourth-order valence-corrected chi connectivity index (χ4v) is 3.41. The van der Waals surface area contributed by atoms with Gasteiger partial charge in [0.1, 0.15) is 5.82 Å². The summed E-state index contributed by atoms with van der Waals surface area (Å²) in [6.45, 7) is 11.0. The highest BCUT2D eigenvalue weighted by molar-refractivity contribution is 5.23. The summed E-state index contributed by atoms with van der Waals surface area (Å²) in [4.78, 5) is 14.4. The van der Waals surface area contributed by atoms with Crippen LogP contribution in [0.15, 0.2) is 6.20 Å². The van der Waals surface area contributed by atoms with E-state index in [1.54, 1.807) is 0 Å². The minimum atomic E-state index is 0.0367. The lowest BCUT2D eigenvalue weighted by Crippen LogP contribution is -2.29. The van der Waals surface area contributed by atoms with Crippen LogP contribution in [0.5, 0.6) is 0 Å². The zero-order valence-corrected chi connectivity index (χ0v) is 13.9. The van der Waals surface area contributed by atoms with Crippen LogP contribution in [0.4, 0.5) is 0 Å². The Bertz CT molecular complexity index is 506. The van der Waals surface area contributed by atoms with Crippen LogP contribution in [-0.2, 0) is 18.5 Å². The summed E-state index contributed by atoms with van der Waals surface area (Å²) >= 11 is 0. The van der Waals surface area contributed by atoms with E-state index < -0.39 is 0 Å². The fraction of sp³-hybridized carbons (Fsp3) is 0.765. The molecule has 4 heteroatoms. The molecule has 1 atom stereocenters. The van der Waals surface area contributed by atoms with Crippen LogP contribution >= 0.6 is 0 Å². The molecule has 4 nitrogen and oxygen atoms in total. The predicted octanol–water partition coefficient (Wildman–Crippen LogP) is 2.57. The predicted molar refractivity (Wildman–Crippen MR) is 85.1 cm³/mol. The van der Waals surface area contributed by atoms with E-state index in [0.29, 0.717) is 0 Å². The number of likely N-dealkylation sites (tertiary alicyclic amines) is 1. The smallest absolute Gasteiger partial charge is 0.133 e. The summed E-state index contributed by atoms with van der Waals surface area (Å²) in [5.74, 6) is 0.971. The Balaban J connectivity index is 1.59. The van der Waals surface area contributed by atoms with Crippen LogP contribution in [-0.4, -0.2) is 45.9 Å². The molecule has 0 aromatic carbocycles. The molecule has 0 bridgehead atoms. The zero-order valence-electron chi connectivity index (χ0n) is 13.9. The van der Waals surface area contributed by atoms with Crippen molar-refractivity contribution < 1.29 is 0 Å². The van der Waals surface area contributed by atoms with Gasteiger partial charge in [0, 0.05) is 42.9 Å². The first-order valence-corrected chi connectivity index (χ1v) is 8.21. The van der Waals surface area contributed by atoms with Crippen molar-refractivity contribution in [2.75, 3.05) is 20.1 Å². The third kappa shape index (κ3) is 3.27. The highest BCUT2D eigenvalue weighted by Gasteiger charge is 2.26. The molecule has 2 aliphatic heterocycles. The molecule has 3 rings (SSSR count). The van der Waals surface area contributed by atoms with Crippen molar-refractivity contribution in [3.63, 3.8) is 0 Å². The second-order valence-electron chi connectivity index (χ2n) is 7.69. The van der Waals surface area contributed by atoms with Gasteiger partial charge >= 0.3 is 0 Å². The summed E-state index contributed by atoms with van der Waals surface area (Å²) in [7, 11) is 2.26. The minimum absolute atomic E-state index is 0.0367. The lowest BCUT2D eigenvalue weighted by Gasteiger charge is -2.22. The van der Waals surface area contributed by atoms with Crippen molar-refractivity contribution in [3.8, 4) is 0 Å². The maximum atomic E-state index is 4.81. The molecule has 0 radical (unpaired) electrons. The number of rotatable bonds is 3. The van der Waals surface area contributed by atoms with Gasteiger partial charge in [0.15, 0.2) is 0 Å². The Morgan fingerprint density at radius 1 is 1.29 bits per heavy atom. The molecular weight excluding hydrogens is 260 g/mol. The SMILES string of the molecule is CN1CCC[C@@H]1CCN1Cc2cnc(C(C)(C)C)nc2C1. The van der Waals surface area contributed by atoms with Gasteiger partial charge in [-0.3, -0.25) is 4.90 Å². The van der Waals surface area contributed by atoms with Gasteiger partial charge in [-0.1, -0.05) is 20.8 Å². The molecule has 2 aliphatic rings. The second-order valence-corrected chi connectivity index (χ2v) is 7.69. The van der Waals surface area contributed by atoms with Crippen LogP contribution in [0.25, 0.3) is 0 Å². The maximum absolute atomic E-state index is 4.81. The first-order chi connectivity index (χ1) is 9.93. The molecule has 0 spiro atoms. The fourth-order valence-electron chi connectivity index (χ4n) is 3.41. The molecule has 0 aliphatic carbocycles. The second kappa shape index (κ2) is 5.65. The number of hydrogen-bond donors (Lipinski definition) is 0. The van der Waals surface area contributed by atoms with Gasteiger partial charge in [-0.05, 0) is 32.9 Å². The summed E-state index contributed by atoms with van der Waals surface area (Å²) < 4.78 is 0. The van der Waals surface area contributed by atoms with Crippen molar-refractivity contribution in [1.29, 1.82) is 0 Å².